The molecule has 3 heteroatoms. The lowest BCUT2D eigenvalue weighted by Crippen LogP contribution is -2.13. The molecule has 0 unspecified atom stereocenters. The first-order valence-electron chi connectivity index (χ1n) is 8.49. The molecule has 0 aromatic heterocycles. The third kappa shape index (κ3) is 12.2. The van der Waals surface area contributed by atoms with Gasteiger partial charge < -0.3 is 4.74 Å². The minimum absolute atomic E-state index is 0.323. The van der Waals surface area contributed by atoms with Gasteiger partial charge in [0.15, 0.2) is 5.92 Å². The van der Waals surface area contributed by atoms with E-state index in [1.807, 2.05) is 12.1 Å². The maximum absolute atomic E-state index is 11.4. The van der Waals surface area contributed by atoms with E-state index >= 15 is 0 Å². The molecule has 0 N–H and O–H groups in total. The second kappa shape index (κ2) is 15.1. The molecule has 0 saturated carbocycles. The first-order chi connectivity index (χ1) is 10.3. The van der Waals surface area contributed by atoms with Crippen molar-refractivity contribution >= 4 is 5.97 Å². The molecule has 0 radical (unpaired) electrons. The molecule has 0 bridgehead atoms. The highest BCUT2D eigenvalue weighted by Crippen LogP contribution is 2.11. The zero-order valence-corrected chi connectivity index (χ0v) is 13.8. The van der Waals surface area contributed by atoms with E-state index in [9.17, 15) is 4.79 Å². The molecule has 0 amide bonds. The summed E-state index contributed by atoms with van der Waals surface area (Å²) in [5.74, 6) is -1.19. The Morgan fingerprint density at radius 2 is 1.62 bits per heavy atom. The van der Waals surface area contributed by atoms with Gasteiger partial charge in [-0.25, -0.2) is 0 Å². The number of rotatable bonds is 13. The van der Waals surface area contributed by atoms with Crippen LogP contribution in [0.25, 0.3) is 0 Å². The molecule has 0 aromatic carbocycles. The van der Waals surface area contributed by atoms with E-state index in [4.69, 9.17) is 10.00 Å². The van der Waals surface area contributed by atoms with Crippen molar-refractivity contribution in [3.05, 3.63) is 12.2 Å². The predicted molar refractivity (Wildman–Crippen MR) is 86.7 cm³/mol. The fourth-order valence-corrected chi connectivity index (χ4v) is 2.21. The van der Waals surface area contributed by atoms with Gasteiger partial charge in [0.25, 0.3) is 0 Å². The summed E-state index contributed by atoms with van der Waals surface area (Å²) in [6.45, 7) is 4.31. The molecule has 1 atom stereocenters. The molecular formula is C18H31NO2. The molecule has 0 fully saturated rings. The number of unbranched alkanes of at least 4 members (excludes halogenated alkanes) is 9. The van der Waals surface area contributed by atoms with Crippen LogP contribution in [0, 0.1) is 17.2 Å². The molecular weight excluding hydrogens is 262 g/mol. The summed E-state index contributed by atoms with van der Waals surface area (Å²) >= 11 is 0. The summed E-state index contributed by atoms with van der Waals surface area (Å²) in [6, 6.07) is 1.96. The van der Waals surface area contributed by atoms with Crippen LogP contribution in [0.2, 0.25) is 0 Å². The number of carbonyl (C=O) groups excluding carboxylic acids is 1. The SMILES string of the molecule is CCCCCCCCCCC/C=C/[C@@H](C#N)C(=O)OCC. The van der Waals surface area contributed by atoms with Gasteiger partial charge in [0.1, 0.15) is 0 Å². The average Bonchev–Trinajstić information content (AvgIpc) is 2.48. The van der Waals surface area contributed by atoms with Crippen molar-refractivity contribution in [2.45, 2.75) is 78.1 Å². The smallest absolute Gasteiger partial charge is 0.327 e. The third-order valence-corrected chi connectivity index (χ3v) is 3.48. The molecule has 3 nitrogen and oxygen atoms in total. The Hall–Kier alpha value is -1.30. The van der Waals surface area contributed by atoms with Crippen LogP contribution in [0.3, 0.4) is 0 Å². The fraction of sp³-hybridized carbons (Fsp3) is 0.778. The molecule has 21 heavy (non-hydrogen) atoms. The summed E-state index contributed by atoms with van der Waals surface area (Å²) < 4.78 is 4.83. The van der Waals surface area contributed by atoms with Crippen molar-refractivity contribution in [1.82, 2.24) is 0 Å². The van der Waals surface area contributed by atoms with Crippen LogP contribution in [0.5, 0.6) is 0 Å². The number of allylic oxidation sites excluding steroid dienone is 1. The zero-order valence-electron chi connectivity index (χ0n) is 13.8. The minimum atomic E-state index is -0.747. The van der Waals surface area contributed by atoms with Gasteiger partial charge in [-0.05, 0) is 19.8 Å². The average molecular weight is 293 g/mol. The number of carbonyl (C=O) groups is 1. The second-order valence-corrected chi connectivity index (χ2v) is 5.40. The largest absolute Gasteiger partial charge is 0.465 e. The number of ether oxygens (including phenoxy) is 1. The van der Waals surface area contributed by atoms with Crippen molar-refractivity contribution in [1.29, 1.82) is 5.26 Å². The molecule has 120 valence electrons. The van der Waals surface area contributed by atoms with E-state index in [1.54, 1.807) is 13.0 Å². The maximum Gasteiger partial charge on any atom is 0.327 e. The van der Waals surface area contributed by atoms with Crippen LogP contribution in [0.15, 0.2) is 12.2 Å². The van der Waals surface area contributed by atoms with Crippen molar-refractivity contribution < 1.29 is 9.53 Å². The third-order valence-electron chi connectivity index (χ3n) is 3.48. The predicted octanol–water partition coefficient (Wildman–Crippen LogP) is 5.17. The van der Waals surface area contributed by atoms with Crippen LogP contribution in [0.4, 0.5) is 0 Å². The van der Waals surface area contributed by atoms with Gasteiger partial charge in [-0.15, -0.1) is 0 Å². The lowest BCUT2D eigenvalue weighted by molar-refractivity contribution is -0.144. The van der Waals surface area contributed by atoms with E-state index in [0.717, 1.165) is 12.8 Å². The van der Waals surface area contributed by atoms with Crippen LogP contribution in [-0.4, -0.2) is 12.6 Å². The lowest BCUT2D eigenvalue weighted by Gasteiger charge is -2.03. The number of nitriles is 1. The van der Waals surface area contributed by atoms with E-state index in [1.165, 1.54) is 51.4 Å². The van der Waals surface area contributed by atoms with Crippen molar-refractivity contribution in [2.75, 3.05) is 6.61 Å². The zero-order chi connectivity index (χ0) is 15.8. The van der Waals surface area contributed by atoms with Gasteiger partial charge in [0.2, 0.25) is 0 Å². The van der Waals surface area contributed by atoms with Crippen molar-refractivity contribution in [3.63, 3.8) is 0 Å². The Bertz CT molecular complexity index is 318. The van der Waals surface area contributed by atoms with Crippen LogP contribution < -0.4 is 0 Å². The van der Waals surface area contributed by atoms with E-state index in [-0.39, 0.29) is 0 Å². The van der Waals surface area contributed by atoms with Crippen molar-refractivity contribution in [3.8, 4) is 6.07 Å². The highest BCUT2D eigenvalue weighted by Gasteiger charge is 2.14. The number of esters is 1. The van der Waals surface area contributed by atoms with Crippen molar-refractivity contribution in [2.24, 2.45) is 5.92 Å². The Balaban J connectivity index is 3.50. The van der Waals surface area contributed by atoms with Gasteiger partial charge >= 0.3 is 5.97 Å². The van der Waals surface area contributed by atoms with E-state index in [0.29, 0.717) is 6.61 Å². The number of nitrogens with zero attached hydrogens (tertiary/aromatic N) is 1. The lowest BCUT2D eigenvalue weighted by atomic mass is 10.1. The topological polar surface area (TPSA) is 50.1 Å². The highest BCUT2D eigenvalue weighted by molar-refractivity contribution is 5.77. The molecule has 0 rings (SSSR count). The van der Waals surface area contributed by atoms with Crippen LogP contribution in [-0.2, 0) is 9.53 Å². The second-order valence-electron chi connectivity index (χ2n) is 5.40. The first kappa shape index (κ1) is 19.7. The summed E-state index contributed by atoms with van der Waals surface area (Å²) in [5.41, 5.74) is 0. The Morgan fingerprint density at radius 1 is 1.05 bits per heavy atom. The summed E-state index contributed by atoms with van der Waals surface area (Å²) in [4.78, 5) is 11.4. The quantitative estimate of drug-likeness (QED) is 0.267. The van der Waals surface area contributed by atoms with Gasteiger partial charge in [-0.3, -0.25) is 4.79 Å². The number of hydrogen-bond acceptors (Lipinski definition) is 3. The molecule has 0 aliphatic heterocycles. The highest BCUT2D eigenvalue weighted by atomic mass is 16.5. The van der Waals surface area contributed by atoms with Gasteiger partial charge in [0.05, 0.1) is 12.7 Å². The molecule has 0 saturated heterocycles. The van der Waals surface area contributed by atoms with Crippen LogP contribution >= 0.6 is 0 Å². The summed E-state index contributed by atoms with van der Waals surface area (Å²) in [6.07, 6.45) is 16.3. The molecule has 0 spiro atoms. The Kier molecular flexibility index (Phi) is 14.2. The Morgan fingerprint density at radius 3 is 2.14 bits per heavy atom. The van der Waals surface area contributed by atoms with E-state index < -0.39 is 11.9 Å². The van der Waals surface area contributed by atoms with Gasteiger partial charge in [0, 0.05) is 0 Å². The first-order valence-corrected chi connectivity index (χ1v) is 8.49. The fourth-order valence-electron chi connectivity index (χ4n) is 2.21. The summed E-state index contributed by atoms with van der Waals surface area (Å²) in [5, 5.41) is 8.88. The van der Waals surface area contributed by atoms with Crippen LogP contribution in [0.1, 0.15) is 78.1 Å². The maximum atomic E-state index is 11.4. The standard InChI is InChI=1S/C18H31NO2/c1-3-5-6-7-8-9-10-11-12-13-14-15-17(16-19)18(20)21-4-2/h14-15,17H,3-13H2,1-2H3/b15-14+/t17-/m0/s1. The van der Waals surface area contributed by atoms with Gasteiger partial charge in [-0.2, -0.15) is 5.26 Å². The molecule has 0 aliphatic carbocycles. The molecule has 0 aliphatic rings. The minimum Gasteiger partial charge on any atom is -0.465 e. The summed E-state index contributed by atoms with van der Waals surface area (Å²) in [7, 11) is 0. The Labute approximate surface area is 130 Å². The molecule has 0 aromatic rings. The number of hydrogen-bond donors (Lipinski definition) is 0. The monoisotopic (exact) mass is 293 g/mol. The van der Waals surface area contributed by atoms with Gasteiger partial charge in [-0.1, -0.05) is 70.4 Å². The van der Waals surface area contributed by atoms with E-state index in [2.05, 4.69) is 6.92 Å². The molecule has 0 heterocycles. The normalized spacial score (nSPS) is 12.2.